The minimum absolute atomic E-state index is 0.0128. The number of rotatable bonds is 6. The number of ether oxygens (including phenoxy) is 1. The molecule has 22 heavy (non-hydrogen) atoms. The molecule has 0 aromatic heterocycles. The first kappa shape index (κ1) is 17.2. The number of aliphatic hydroxyl groups is 1. The molecule has 1 aliphatic carbocycles. The average molecular weight is 331 g/mol. The van der Waals surface area contributed by atoms with Gasteiger partial charge in [-0.05, 0) is 37.0 Å². The van der Waals surface area contributed by atoms with Gasteiger partial charge >= 0.3 is 0 Å². The lowest BCUT2D eigenvalue weighted by Gasteiger charge is -2.26. The second-order valence-corrected chi connectivity index (χ2v) is 7.38. The number of nitrogens with one attached hydrogen (secondary N) is 1. The van der Waals surface area contributed by atoms with Gasteiger partial charge in [0.1, 0.15) is 0 Å². The Morgan fingerprint density at radius 3 is 2.64 bits per heavy atom. The van der Waals surface area contributed by atoms with Gasteiger partial charge in [-0.25, -0.2) is 17.5 Å². The second kappa shape index (κ2) is 7.39. The first-order valence-electron chi connectivity index (χ1n) is 7.45. The molecule has 0 aliphatic heterocycles. The Morgan fingerprint density at radius 1 is 1.36 bits per heavy atom. The molecule has 1 aromatic rings. The molecule has 7 heteroatoms. The Labute approximate surface area is 130 Å². The molecule has 1 fully saturated rings. The molecule has 1 saturated carbocycles. The van der Waals surface area contributed by atoms with Crippen molar-refractivity contribution in [1.29, 1.82) is 0 Å². The van der Waals surface area contributed by atoms with Crippen LogP contribution in [0.4, 0.5) is 4.39 Å². The van der Waals surface area contributed by atoms with Crippen molar-refractivity contribution in [3.63, 3.8) is 0 Å². The van der Waals surface area contributed by atoms with Crippen molar-refractivity contribution in [2.45, 2.75) is 43.1 Å². The summed E-state index contributed by atoms with van der Waals surface area (Å²) in [5.74, 6) is -0.622. The Kier molecular flexibility index (Phi) is 5.77. The number of hydrogen-bond donors (Lipinski definition) is 2. The Hall–Kier alpha value is -1.18. The summed E-state index contributed by atoms with van der Waals surface area (Å²) in [5, 5.41) is 10.1. The van der Waals surface area contributed by atoms with E-state index < -0.39 is 21.9 Å². The Balaban J connectivity index is 1.99. The third-order valence-electron chi connectivity index (χ3n) is 4.11. The maximum absolute atomic E-state index is 13.6. The minimum atomic E-state index is -3.85. The van der Waals surface area contributed by atoms with Crippen LogP contribution in [0.2, 0.25) is 0 Å². The molecule has 0 amide bonds. The highest BCUT2D eigenvalue weighted by Crippen LogP contribution is 2.26. The van der Waals surface area contributed by atoms with Crippen LogP contribution in [0.15, 0.2) is 23.1 Å². The van der Waals surface area contributed by atoms with E-state index in [1.807, 2.05) is 0 Å². The average Bonchev–Trinajstić information content (AvgIpc) is 2.53. The molecule has 124 valence electrons. The summed E-state index contributed by atoms with van der Waals surface area (Å²) in [6.07, 6.45) is 4.43. The number of hydrogen-bond acceptors (Lipinski definition) is 4. The van der Waals surface area contributed by atoms with Crippen LogP contribution < -0.4 is 9.46 Å². The predicted molar refractivity (Wildman–Crippen MR) is 80.7 cm³/mol. The fourth-order valence-corrected chi connectivity index (χ4v) is 3.84. The van der Waals surface area contributed by atoms with E-state index in [2.05, 4.69) is 4.72 Å². The van der Waals surface area contributed by atoms with Gasteiger partial charge in [0.15, 0.2) is 11.6 Å². The second-order valence-electron chi connectivity index (χ2n) is 5.61. The number of methoxy groups -OCH3 is 1. The molecule has 1 aromatic carbocycles. The smallest absolute Gasteiger partial charge is 0.240 e. The fraction of sp³-hybridized carbons (Fsp3) is 0.600. The number of aliphatic hydroxyl groups excluding tert-OH is 1. The molecule has 1 atom stereocenters. The van der Waals surface area contributed by atoms with Crippen molar-refractivity contribution in [1.82, 2.24) is 4.72 Å². The number of halogens is 1. The molecule has 0 bridgehead atoms. The van der Waals surface area contributed by atoms with E-state index in [0.29, 0.717) is 0 Å². The van der Waals surface area contributed by atoms with Crippen molar-refractivity contribution < 1.29 is 22.7 Å². The van der Waals surface area contributed by atoms with Crippen LogP contribution in [0.3, 0.4) is 0 Å². The van der Waals surface area contributed by atoms with E-state index in [1.165, 1.54) is 25.7 Å². The predicted octanol–water partition coefficient (Wildman–Crippen LogP) is 2.05. The summed E-state index contributed by atoms with van der Waals surface area (Å²) in [5.41, 5.74) is 0. The van der Waals surface area contributed by atoms with E-state index in [0.717, 1.165) is 31.7 Å². The summed E-state index contributed by atoms with van der Waals surface area (Å²) in [7, 11) is -2.54. The van der Waals surface area contributed by atoms with Crippen molar-refractivity contribution in [3.8, 4) is 5.75 Å². The molecule has 2 N–H and O–H groups in total. The topological polar surface area (TPSA) is 75.6 Å². The Bertz CT molecular complexity index is 600. The zero-order chi connectivity index (χ0) is 16.2. The monoisotopic (exact) mass is 331 g/mol. The van der Waals surface area contributed by atoms with Gasteiger partial charge in [0.05, 0.1) is 18.1 Å². The van der Waals surface area contributed by atoms with Gasteiger partial charge in [0.2, 0.25) is 10.0 Å². The van der Waals surface area contributed by atoms with Crippen molar-refractivity contribution >= 4 is 10.0 Å². The quantitative estimate of drug-likeness (QED) is 0.836. The van der Waals surface area contributed by atoms with E-state index in [9.17, 15) is 17.9 Å². The van der Waals surface area contributed by atoms with E-state index >= 15 is 0 Å². The molecule has 5 nitrogen and oxygen atoms in total. The molecule has 0 radical (unpaired) electrons. The lowest BCUT2D eigenvalue weighted by Crippen LogP contribution is -2.37. The van der Waals surface area contributed by atoms with Crippen LogP contribution >= 0.6 is 0 Å². The van der Waals surface area contributed by atoms with Gasteiger partial charge in [-0.1, -0.05) is 19.3 Å². The van der Waals surface area contributed by atoms with Crippen LogP contribution in [0.25, 0.3) is 0 Å². The van der Waals surface area contributed by atoms with Gasteiger partial charge in [0, 0.05) is 6.54 Å². The molecular formula is C15H22FNO4S. The SMILES string of the molecule is COc1ccc(S(=O)(=O)NC[C@H](O)C2CCCCC2)cc1F. The maximum Gasteiger partial charge on any atom is 0.240 e. The summed E-state index contributed by atoms with van der Waals surface area (Å²) in [6, 6.07) is 3.45. The van der Waals surface area contributed by atoms with E-state index in [1.54, 1.807) is 0 Å². The van der Waals surface area contributed by atoms with Crippen LogP contribution in [0.5, 0.6) is 5.75 Å². The molecule has 2 rings (SSSR count). The third kappa shape index (κ3) is 4.18. The fourth-order valence-electron chi connectivity index (χ4n) is 2.78. The molecule has 0 unspecified atom stereocenters. The summed E-state index contributed by atoms with van der Waals surface area (Å²) < 4.78 is 45.0. The lowest BCUT2D eigenvalue weighted by molar-refractivity contribution is 0.0888. The van der Waals surface area contributed by atoms with Crippen molar-refractivity contribution in [2.24, 2.45) is 5.92 Å². The highest BCUT2D eigenvalue weighted by atomic mass is 32.2. The van der Waals surface area contributed by atoms with Gasteiger partial charge in [-0.3, -0.25) is 0 Å². The minimum Gasteiger partial charge on any atom is -0.494 e. The zero-order valence-electron chi connectivity index (χ0n) is 12.6. The molecule has 0 spiro atoms. The standard InChI is InChI=1S/C15H22FNO4S/c1-21-15-8-7-12(9-13(15)16)22(19,20)17-10-14(18)11-5-3-2-4-6-11/h7-9,11,14,17-18H,2-6,10H2,1H3/t14-/m0/s1. The van der Waals surface area contributed by atoms with Gasteiger partial charge in [0.25, 0.3) is 0 Å². The highest BCUT2D eigenvalue weighted by Gasteiger charge is 2.24. The molecule has 1 aliphatic rings. The Morgan fingerprint density at radius 2 is 2.05 bits per heavy atom. The van der Waals surface area contributed by atoms with E-state index in [-0.39, 0.29) is 23.1 Å². The van der Waals surface area contributed by atoms with Crippen LogP contribution in [0.1, 0.15) is 32.1 Å². The summed E-state index contributed by atoms with van der Waals surface area (Å²) in [6.45, 7) is -0.0549. The highest BCUT2D eigenvalue weighted by molar-refractivity contribution is 7.89. The first-order chi connectivity index (χ1) is 10.4. The third-order valence-corrected chi connectivity index (χ3v) is 5.53. The lowest BCUT2D eigenvalue weighted by atomic mass is 9.85. The van der Waals surface area contributed by atoms with Crippen molar-refractivity contribution in [3.05, 3.63) is 24.0 Å². The summed E-state index contributed by atoms with van der Waals surface area (Å²) >= 11 is 0. The maximum atomic E-state index is 13.6. The molecule has 0 heterocycles. The molecular weight excluding hydrogens is 309 g/mol. The van der Waals surface area contributed by atoms with Crippen LogP contribution in [-0.4, -0.2) is 33.3 Å². The summed E-state index contributed by atoms with van der Waals surface area (Å²) in [4.78, 5) is -0.179. The molecule has 0 saturated heterocycles. The van der Waals surface area contributed by atoms with Crippen LogP contribution in [0, 0.1) is 11.7 Å². The normalized spacial score (nSPS) is 18.1. The first-order valence-corrected chi connectivity index (χ1v) is 8.93. The largest absolute Gasteiger partial charge is 0.494 e. The number of sulfonamides is 1. The van der Waals surface area contributed by atoms with Gasteiger partial charge in [-0.15, -0.1) is 0 Å². The van der Waals surface area contributed by atoms with Crippen LogP contribution in [-0.2, 0) is 10.0 Å². The van der Waals surface area contributed by atoms with E-state index in [4.69, 9.17) is 4.74 Å². The zero-order valence-corrected chi connectivity index (χ0v) is 13.4. The van der Waals surface area contributed by atoms with Crippen molar-refractivity contribution in [2.75, 3.05) is 13.7 Å². The number of benzene rings is 1. The van der Waals surface area contributed by atoms with Gasteiger partial charge in [-0.2, -0.15) is 0 Å². The van der Waals surface area contributed by atoms with Gasteiger partial charge < -0.3 is 9.84 Å².